The first kappa shape index (κ1) is 14.4. The summed E-state index contributed by atoms with van der Waals surface area (Å²) in [6, 6.07) is 6.22. The lowest BCUT2D eigenvalue weighted by atomic mass is 10.1. The molecular formula is C15H22ClN3. The minimum absolute atomic E-state index is 0.0732. The average molecular weight is 280 g/mol. The van der Waals surface area contributed by atoms with E-state index in [-0.39, 0.29) is 5.54 Å². The Bertz CT molecular complexity index is 579. The quantitative estimate of drug-likeness (QED) is 0.914. The van der Waals surface area contributed by atoms with Gasteiger partial charge in [0.25, 0.3) is 0 Å². The van der Waals surface area contributed by atoms with Crippen LogP contribution in [-0.2, 0) is 6.54 Å². The summed E-state index contributed by atoms with van der Waals surface area (Å²) in [5.74, 6) is 1.04. The maximum Gasteiger partial charge on any atom is 0.124 e. The van der Waals surface area contributed by atoms with E-state index in [4.69, 9.17) is 16.6 Å². The van der Waals surface area contributed by atoms with E-state index in [1.54, 1.807) is 0 Å². The molecule has 0 bridgehead atoms. The van der Waals surface area contributed by atoms with Crippen LogP contribution in [0.1, 0.15) is 46.5 Å². The number of para-hydroxylation sites is 1. The molecule has 2 rings (SSSR count). The van der Waals surface area contributed by atoms with Gasteiger partial charge in [-0.05, 0) is 46.8 Å². The molecule has 0 amide bonds. The van der Waals surface area contributed by atoms with Crippen molar-refractivity contribution in [1.82, 2.24) is 14.9 Å². The van der Waals surface area contributed by atoms with Crippen LogP contribution < -0.4 is 5.32 Å². The van der Waals surface area contributed by atoms with Crippen LogP contribution in [0.5, 0.6) is 0 Å². The molecule has 1 heterocycles. The minimum Gasteiger partial charge on any atom is -0.323 e. The second kappa shape index (κ2) is 5.14. The SMILES string of the molecule is CC(C)n1c(CNC(C)(C)C)nc2cccc(Cl)c21. The van der Waals surface area contributed by atoms with E-state index >= 15 is 0 Å². The zero-order valence-electron chi connectivity index (χ0n) is 12.3. The number of fused-ring (bicyclic) bond motifs is 1. The van der Waals surface area contributed by atoms with E-state index in [2.05, 4.69) is 44.5 Å². The Morgan fingerprint density at radius 1 is 1.32 bits per heavy atom. The van der Waals surface area contributed by atoms with Gasteiger partial charge < -0.3 is 9.88 Å². The molecule has 0 saturated heterocycles. The van der Waals surface area contributed by atoms with E-state index in [1.165, 1.54) is 0 Å². The number of hydrogen-bond donors (Lipinski definition) is 1. The van der Waals surface area contributed by atoms with Crippen LogP contribution in [0.15, 0.2) is 18.2 Å². The topological polar surface area (TPSA) is 29.9 Å². The first-order valence-corrected chi connectivity index (χ1v) is 7.08. The summed E-state index contributed by atoms with van der Waals surface area (Å²) in [6.07, 6.45) is 0. The molecule has 1 aromatic heterocycles. The lowest BCUT2D eigenvalue weighted by Crippen LogP contribution is -2.36. The van der Waals surface area contributed by atoms with Gasteiger partial charge in [-0.25, -0.2) is 4.98 Å². The van der Waals surface area contributed by atoms with Gasteiger partial charge in [0.2, 0.25) is 0 Å². The van der Waals surface area contributed by atoms with E-state index in [0.717, 1.165) is 28.4 Å². The van der Waals surface area contributed by atoms with Crippen molar-refractivity contribution >= 4 is 22.6 Å². The lowest BCUT2D eigenvalue weighted by molar-refractivity contribution is 0.408. The number of nitrogens with one attached hydrogen (secondary N) is 1. The fourth-order valence-corrected chi connectivity index (χ4v) is 2.44. The predicted octanol–water partition coefficient (Wildman–Crippen LogP) is 4.16. The number of imidazole rings is 1. The Morgan fingerprint density at radius 3 is 2.58 bits per heavy atom. The Hall–Kier alpha value is -1.06. The van der Waals surface area contributed by atoms with Gasteiger partial charge in [0, 0.05) is 11.6 Å². The molecule has 2 aromatic rings. The van der Waals surface area contributed by atoms with Crippen molar-refractivity contribution in [2.75, 3.05) is 0 Å². The van der Waals surface area contributed by atoms with Gasteiger partial charge >= 0.3 is 0 Å². The molecule has 0 saturated carbocycles. The third-order valence-corrected chi connectivity index (χ3v) is 3.33. The van der Waals surface area contributed by atoms with Crippen LogP contribution in [0, 0.1) is 0 Å². The predicted molar refractivity (Wildman–Crippen MR) is 81.7 cm³/mol. The smallest absolute Gasteiger partial charge is 0.124 e. The molecule has 3 nitrogen and oxygen atoms in total. The highest BCUT2D eigenvalue weighted by Crippen LogP contribution is 2.27. The van der Waals surface area contributed by atoms with Gasteiger partial charge in [-0.1, -0.05) is 17.7 Å². The molecule has 0 atom stereocenters. The summed E-state index contributed by atoms with van der Waals surface area (Å²) in [6.45, 7) is 11.5. The number of benzene rings is 1. The van der Waals surface area contributed by atoms with Crippen molar-refractivity contribution < 1.29 is 0 Å². The monoisotopic (exact) mass is 279 g/mol. The molecule has 0 fully saturated rings. The number of halogens is 1. The number of nitrogens with zero attached hydrogens (tertiary/aromatic N) is 2. The van der Waals surface area contributed by atoms with Crippen LogP contribution in [-0.4, -0.2) is 15.1 Å². The summed E-state index contributed by atoms with van der Waals surface area (Å²) in [4.78, 5) is 4.71. The molecule has 0 spiro atoms. The number of aromatic nitrogens is 2. The average Bonchev–Trinajstić information content (AvgIpc) is 2.65. The van der Waals surface area contributed by atoms with Crippen molar-refractivity contribution in [1.29, 1.82) is 0 Å². The Morgan fingerprint density at radius 2 is 2.00 bits per heavy atom. The first-order valence-electron chi connectivity index (χ1n) is 6.70. The number of hydrogen-bond acceptors (Lipinski definition) is 2. The summed E-state index contributed by atoms with van der Waals surface area (Å²) in [5.41, 5.74) is 2.07. The van der Waals surface area contributed by atoms with Crippen molar-refractivity contribution in [2.24, 2.45) is 0 Å². The Balaban J connectivity index is 2.49. The van der Waals surface area contributed by atoms with E-state index in [1.807, 2.05) is 18.2 Å². The third kappa shape index (κ3) is 3.10. The van der Waals surface area contributed by atoms with Gasteiger partial charge in [0.1, 0.15) is 5.82 Å². The standard InChI is InChI=1S/C15H22ClN3/c1-10(2)19-13(9-17-15(3,4)5)18-12-8-6-7-11(16)14(12)19/h6-8,10,17H,9H2,1-5H3. The van der Waals surface area contributed by atoms with Gasteiger partial charge in [0.15, 0.2) is 0 Å². The van der Waals surface area contributed by atoms with E-state index in [0.29, 0.717) is 6.04 Å². The van der Waals surface area contributed by atoms with Gasteiger partial charge in [0.05, 0.1) is 22.6 Å². The Kier molecular flexibility index (Phi) is 3.88. The normalized spacial score (nSPS) is 12.6. The van der Waals surface area contributed by atoms with Crippen LogP contribution in [0.4, 0.5) is 0 Å². The minimum atomic E-state index is 0.0732. The zero-order valence-corrected chi connectivity index (χ0v) is 13.0. The third-order valence-electron chi connectivity index (χ3n) is 3.03. The molecule has 1 aromatic carbocycles. The highest BCUT2D eigenvalue weighted by atomic mass is 35.5. The molecule has 0 aliphatic carbocycles. The van der Waals surface area contributed by atoms with Crippen molar-refractivity contribution in [3.63, 3.8) is 0 Å². The highest BCUT2D eigenvalue weighted by Gasteiger charge is 2.17. The Labute approximate surface area is 120 Å². The van der Waals surface area contributed by atoms with Crippen LogP contribution in [0.3, 0.4) is 0 Å². The molecule has 0 aliphatic rings. The summed E-state index contributed by atoms with van der Waals surface area (Å²) in [5, 5.41) is 4.25. The number of rotatable bonds is 3. The maximum atomic E-state index is 6.33. The second-order valence-electron chi connectivity index (χ2n) is 6.20. The van der Waals surface area contributed by atoms with Gasteiger partial charge in [-0.15, -0.1) is 0 Å². The molecule has 1 N–H and O–H groups in total. The largest absolute Gasteiger partial charge is 0.323 e. The zero-order chi connectivity index (χ0) is 14.2. The van der Waals surface area contributed by atoms with E-state index in [9.17, 15) is 0 Å². The van der Waals surface area contributed by atoms with Crippen molar-refractivity contribution in [2.45, 2.75) is 52.7 Å². The van der Waals surface area contributed by atoms with Gasteiger partial charge in [-0.2, -0.15) is 0 Å². The van der Waals surface area contributed by atoms with E-state index < -0.39 is 0 Å². The van der Waals surface area contributed by atoms with Crippen LogP contribution in [0.25, 0.3) is 11.0 Å². The van der Waals surface area contributed by atoms with Crippen molar-refractivity contribution in [3.05, 3.63) is 29.0 Å². The van der Waals surface area contributed by atoms with Gasteiger partial charge in [-0.3, -0.25) is 0 Å². The fraction of sp³-hybridized carbons (Fsp3) is 0.533. The summed E-state index contributed by atoms with van der Waals surface area (Å²) < 4.78 is 2.22. The first-order chi connectivity index (χ1) is 8.79. The molecular weight excluding hydrogens is 258 g/mol. The molecule has 0 aliphatic heterocycles. The second-order valence-corrected chi connectivity index (χ2v) is 6.61. The van der Waals surface area contributed by atoms with Crippen LogP contribution in [0.2, 0.25) is 5.02 Å². The molecule has 19 heavy (non-hydrogen) atoms. The molecule has 4 heteroatoms. The summed E-state index contributed by atoms with van der Waals surface area (Å²) >= 11 is 6.33. The maximum absolute atomic E-state index is 6.33. The lowest BCUT2D eigenvalue weighted by Gasteiger charge is -2.21. The highest BCUT2D eigenvalue weighted by molar-refractivity contribution is 6.35. The molecule has 104 valence electrons. The fourth-order valence-electron chi connectivity index (χ4n) is 2.18. The van der Waals surface area contributed by atoms with Crippen molar-refractivity contribution in [3.8, 4) is 0 Å². The summed E-state index contributed by atoms with van der Waals surface area (Å²) in [7, 11) is 0. The molecule has 0 unspecified atom stereocenters. The van der Waals surface area contributed by atoms with Crippen LogP contribution >= 0.6 is 11.6 Å². The molecule has 0 radical (unpaired) electrons.